The minimum absolute atomic E-state index is 0.0594. The number of rotatable bonds is 5. The van der Waals surface area contributed by atoms with E-state index in [2.05, 4.69) is 33.0 Å². The van der Waals surface area contributed by atoms with Crippen molar-refractivity contribution in [1.29, 1.82) is 0 Å². The highest BCUT2D eigenvalue weighted by atomic mass is 16.4. The number of carboxylic acids is 1. The molecule has 126 valence electrons. The van der Waals surface area contributed by atoms with E-state index in [-0.39, 0.29) is 17.4 Å². The van der Waals surface area contributed by atoms with Crippen molar-refractivity contribution in [3.05, 3.63) is 0 Å². The summed E-state index contributed by atoms with van der Waals surface area (Å²) in [5.74, 6) is -0.0156. The van der Waals surface area contributed by atoms with E-state index < -0.39 is 11.4 Å². The number of hydrogen-bond acceptors (Lipinski definition) is 2. The van der Waals surface area contributed by atoms with E-state index in [0.29, 0.717) is 32.0 Å². The van der Waals surface area contributed by atoms with Gasteiger partial charge in [-0.2, -0.15) is 0 Å². The number of urea groups is 1. The van der Waals surface area contributed by atoms with Gasteiger partial charge in [-0.05, 0) is 36.5 Å². The molecule has 2 fully saturated rings. The van der Waals surface area contributed by atoms with Crippen LogP contribution >= 0.6 is 0 Å². The standard InChI is InChI=1S/C17H30N2O3/c1-12(2)8-16(3,4)10-18-15(22)19-9-13-6-5-7-17(13,11-19)14(20)21/h12-13H,5-11H2,1-4H3,(H,18,22)(H,20,21)/t13-,17+/m0/s1. The van der Waals surface area contributed by atoms with Gasteiger partial charge >= 0.3 is 12.0 Å². The fourth-order valence-corrected chi connectivity index (χ4v) is 4.40. The molecule has 5 heteroatoms. The Morgan fingerprint density at radius 2 is 2.09 bits per heavy atom. The average molecular weight is 310 g/mol. The lowest BCUT2D eigenvalue weighted by atomic mass is 9.81. The lowest BCUT2D eigenvalue weighted by Gasteiger charge is -2.29. The van der Waals surface area contributed by atoms with Crippen LogP contribution in [0.25, 0.3) is 0 Å². The lowest BCUT2D eigenvalue weighted by molar-refractivity contribution is -0.149. The van der Waals surface area contributed by atoms with Crippen LogP contribution in [0, 0.1) is 22.7 Å². The molecule has 2 atom stereocenters. The molecule has 2 N–H and O–H groups in total. The zero-order valence-corrected chi connectivity index (χ0v) is 14.3. The third-order valence-electron chi connectivity index (χ3n) is 5.26. The third-order valence-corrected chi connectivity index (χ3v) is 5.26. The Bertz CT molecular complexity index is 447. The molecule has 1 aliphatic heterocycles. The molecule has 0 aromatic carbocycles. The quantitative estimate of drug-likeness (QED) is 0.820. The predicted octanol–water partition coefficient (Wildman–Crippen LogP) is 2.96. The number of carbonyl (C=O) groups is 2. The number of amides is 2. The van der Waals surface area contributed by atoms with E-state index >= 15 is 0 Å². The van der Waals surface area contributed by atoms with Crippen molar-refractivity contribution in [2.24, 2.45) is 22.7 Å². The van der Waals surface area contributed by atoms with Crippen LogP contribution in [-0.4, -0.2) is 41.6 Å². The van der Waals surface area contributed by atoms with Gasteiger partial charge in [-0.1, -0.05) is 34.1 Å². The molecule has 0 spiro atoms. The van der Waals surface area contributed by atoms with Gasteiger partial charge in [0.15, 0.2) is 0 Å². The summed E-state index contributed by atoms with van der Waals surface area (Å²) < 4.78 is 0. The summed E-state index contributed by atoms with van der Waals surface area (Å²) in [4.78, 5) is 25.8. The fourth-order valence-electron chi connectivity index (χ4n) is 4.40. The molecule has 1 heterocycles. The number of likely N-dealkylation sites (tertiary alicyclic amines) is 1. The van der Waals surface area contributed by atoms with Gasteiger partial charge in [-0.3, -0.25) is 4.79 Å². The molecule has 2 rings (SSSR count). The summed E-state index contributed by atoms with van der Waals surface area (Å²) in [5, 5.41) is 12.6. The predicted molar refractivity (Wildman–Crippen MR) is 85.6 cm³/mol. The smallest absolute Gasteiger partial charge is 0.317 e. The molecule has 0 aromatic heterocycles. The topological polar surface area (TPSA) is 69.6 Å². The summed E-state index contributed by atoms with van der Waals surface area (Å²) in [6.45, 7) is 10.3. The number of fused-ring (bicyclic) bond motifs is 1. The van der Waals surface area contributed by atoms with E-state index in [1.807, 2.05) is 0 Å². The van der Waals surface area contributed by atoms with Crippen molar-refractivity contribution in [2.75, 3.05) is 19.6 Å². The number of aliphatic carboxylic acids is 1. The second kappa shape index (κ2) is 6.09. The molecule has 0 aromatic rings. The monoisotopic (exact) mass is 310 g/mol. The minimum atomic E-state index is -0.731. The number of nitrogens with zero attached hydrogens (tertiary/aromatic N) is 1. The van der Waals surface area contributed by atoms with E-state index in [1.165, 1.54) is 0 Å². The molecule has 0 unspecified atom stereocenters. The van der Waals surface area contributed by atoms with Crippen LogP contribution in [0.4, 0.5) is 4.79 Å². The highest BCUT2D eigenvalue weighted by Crippen LogP contribution is 2.48. The fraction of sp³-hybridized carbons (Fsp3) is 0.882. The first kappa shape index (κ1) is 17.1. The first-order valence-electron chi connectivity index (χ1n) is 8.42. The van der Waals surface area contributed by atoms with Crippen LogP contribution in [0.3, 0.4) is 0 Å². The molecule has 1 saturated heterocycles. The van der Waals surface area contributed by atoms with Gasteiger partial charge in [0.1, 0.15) is 0 Å². The van der Waals surface area contributed by atoms with Crippen molar-refractivity contribution in [2.45, 2.75) is 53.4 Å². The van der Waals surface area contributed by atoms with Crippen LogP contribution in [0.15, 0.2) is 0 Å². The van der Waals surface area contributed by atoms with Crippen molar-refractivity contribution < 1.29 is 14.7 Å². The summed E-state index contributed by atoms with van der Waals surface area (Å²) in [7, 11) is 0. The highest BCUT2D eigenvalue weighted by molar-refractivity contribution is 5.80. The zero-order chi connectivity index (χ0) is 16.5. The first-order chi connectivity index (χ1) is 10.2. The Labute approximate surface area is 133 Å². The van der Waals surface area contributed by atoms with Gasteiger partial charge in [-0.15, -0.1) is 0 Å². The van der Waals surface area contributed by atoms with Gasteiger partial charge in [0.25, 0.3) is 0 Å². The maximum Gasteiger partial charge on any atom is 0.317 e. The van der Waals surface area contributed by atoms with Crippen molar-refractivity contribution >= 4 is 12.0 Å². The summed E-state index contributed by atoms with van der Waals surface area (Å²) in [5.41, 5.74) is -0.630. The Hall–Kier alpha value is -1.26. The average Bonchev–Trinajstić information content (AvgIpc) is 2.91. The maximum atomic E-state index is 12.4. The maximum absolute atomic E-state index is 12.4. The molecule has 2 amide bonds. The molecule has 5 nitrogen and oxygen atoms in total. The Morgan fingerprint density at radius 1 is 1.41 bits per heavy atom. The number of hydrogen-bond donors (Lipinski definition) is 2. The molecule has 1 saturated carbocycles. The molecule has 22 heavy (non-hydrogen) atoms. The van der Waals surface area contributed by atoms with E-state index in [9.17, 15) is 14.7 Å². The highest BCUT2D eigenvalue weighted by Gasteiger charge is 2.55. The first-order valence-corrected chi connectivity index (χ1v) is 8.42. The molecule has 0 radical (unpaired) electrons. The van der Waals surface area contributed by atoms with Crippen LogP contribution in [0.5, 0.6) is 0 Å². The largest absolute Gasteiger partial charge is 0.481 e. The molecular formula is C17H30N2O3. The van der Waals surface area contributed by atoms with Gasteiger partial charge < -0.3 is 15.3 Å². The zero-order valence-electron chi connectivity index (χ0n) is 14.3. The third kappa shape index (κ3) is 3.39. The Kier molecular flexibility index (Phi) is 4.73. The second-order valence-corrected chi connectivity index (χ2v) is 8.35. The SMILES string of the molecule is CC(C)CC(C)(C)CNC(=O)N1C[C@@H]2CCC[C@@]2(C(=O)O)C1. The van der Waals surface area contributed by atoms with Crippen LogP contribution in [-0.2, 0) is 4.79 Å². The van der Waals surface area contributed by atoms with Crippen LogP contribution < -0.4 is 5.32 Å². The van der Waals surface area contributed by atoms with E-state index in [4.69, 9.17) is 0 Å². The Balaban J connectivity index is 1.91. The Morgan fingerprint density at radius 3 is 2.64 bits per heavy atom. The molecule has 0 bridgehead atoms. The van der Waals surface area contributed by atoms with Crippen molar-refractivity contribution in [1.82, 2.24) is 10.2 Å². The van der Waals surface area contributed by atoms with Gasteiger partial charge in [0, 0.05) is 19.6 Å². The lowest BCUT2D eigenvalue weighted by Crippen LogP contribution is -2.44. The van der Waals surface area contributed by atoms with Gasteiger partial charge in [0.05, 0.1) is 5.41 Å². The molecule has 2 aliphatic rings. The summed E-state index contributed by atoms with van der Waals surface area (Å²) >= 11 is 0. The van der Waals surface area contributed by atoms with Crippen LogP contribution in [0.1, 0.15) is 53.4 Å². The minimum Gasteiger partial charge on any atom is -0.481 e. The van der Waals surface area contributed by atoms with E-state index in [1.54, 1.807) is 4.90 Å². The number of carbonyl (C=O) groups excluding carboxylic acids is 1. The van der Waals surface area contributed by atoms with Crippen LogP contribution in [0.2, 0.25) is 0 Å². The normalized spacial score (nSPS) is 28.0. The van der Waals surface area contributed by atoms with Crippen molar-refractivity contribution in [3.63, 3.8) is 0 Å². The van der Waals surface area contributed by atoms with E-state index in [0.717, 1.165) is 19.3 Å². The van der Waals surface area contributed by atoms with Crippen molar-refractivity contribution in [3.8, 4) is 0 Å². The summed E-state index contributed by atoms with van der Waals surface area (Å²) in [6.07, 6.45) is 3.65. The number of carboxylic acid groups (broad SMARTS) is 1. The molecular weight excluding hydrogens is 280 g/mol. The van der Waals surface area contributed by atoms with Gasteiger partial charge in [0.2, 0.25) is 0 Å². The molecule has 1 aliphatic carbocycles. The number of nitrogens with one attached hydrogen (secondary N) is 1. The van der Waals surface area contributed by atoms with Gasteiger partial charge in [-0.25, -0.2) is 4.79 Å². The summed E-state index contributed by atoms with van der Waals surface area (Å²) in [6, 6.07) is -0.105. The second-order valence-electron chi connectivity index (χ2n) is 8.35.